The fourth-order valence-corrected chi connectivity index (χ4v) is 5.03. The van der Waals surface area contributed by atoms with E-state index in [4.69, 9.17) is 14.2 Å². The van der Waals surface area contributed by atoms with Crippen LogP contribution in [0, 0.1) is 0 Å². The number of aromatic nitrogens is 4. The molecule has 4 aromatic rings. The first-order valence-corrected chi connectivity index (χ1v) is 14.1. The first kappa shape index (κ1) is 28.9. The smallest absolute Gasteiger partial charge is 0.431 e. The highest BCUT2D eigenvalue weighted by Crippen LogP contribution is 2.28. The van der Waals surface area contributed by atoms with E-state index in [1.807, 2.05) is 42.5 Å². The lowest BCUT2D eigenvalue weighted by atomic mass is 10.1. The number of carbonyl (C=O) groups is 2. The fourth-order valence-electron chi connectivity index (χ4n) is 4.18. The number of nitrogens with zero attached hydrogens (tertiary/aromatic N) is 6. The second kappa shape index (κ2) is 12.5. The van der Waals surface area contributed by atoms with Gasteiger partial charge in [-0.05, 0) is 43.7 Å². The van der Waals surface area contributed by atoms with Crippen LogP contribution >= 0.6 is 11.3 Å². The maximum absolute atomic E-state index is 13.0. The molecule has 1 aliphatic rings. The highest BCUT2D eigenvalue weighted by molar-refractivity contribution is 7.10. The van der Waals surface area contributed by atoms with Gasteiger partial charge in [0.15, 0.2) is 0 Å². The first-order valence-electron chi connectivity index (χ1n) is 13.2. The van der Waals surface area contributed by atoms with Crippen molar-refractivity contribution in [2.45, 2.75) is 32.0 Å². The summed E-state index contributed by atoms with van der Waals surface area (Å²) in [5, 5.41) is 15.1. The minimum atomic E-state index is -0.871. The Hall–Kier alpha value is -4.62. The van der Waals surface area contributed by atoms with Crippen LogP contribution in [0.1, 0.15) is 40.8 Å². The van der Waals surface area contributed by atoms with Gasteiger partial charge in [-0.3, -0.25) is 14.5 Å². The largest absolute Gasteiger partial charge is 0.497 e. The predicted molar refractivity (Wildman–Crippen MR) is 158 cm³/mol. The zero-order valence-corrected chi connectivity index (χ0v) is 24.5. The number of amides is 2. The van der Waals surface area contributed by atoms with Crippen molar-refractivity contribution in [3.63, 3.8) is 0 Å². The second-order valence-corrected chi connectivity index (χ2v) is 11.1. The number of ether oxygens (including phenoxy) is 3. The summed E-state index contributed by atoms with van der Waals surface area (Å²) < 4.78 is 18.2. The highest BCUT2D eigenvalue weighted by atomic mass is 32.1. The lowest BCUT2D eigenvalue weighted by molar-refractivity contribution is -0.0486. The van der Waals surface area contributed by atoms with Gasteiger partial charge in [-0.1, -0.05) is 18.2 Å². The Bertz CT molecular complexity index is 1570. The van der Waals surface area contributed by atoms with Crippen LogP contribution in [0.4, 0.5) is 10.5 Å². The van der Waals surface area contributed by atoms with Gasteiger partial charge >= 0.3 is 6.09 Å². The molecule has 0 spiro atoms. The van der Waals surface area contributed by atoms with E-state index in [2.05, 4.69) is 25.5 Å². The molecule has 218 valence electrons. The summed E-state index contributed by atoms with van der Waals surface area (Å²) in [5.41, 5.74) is 2.11. The van der Waals surface area contributed by atoms with Gasteiger partial charge < -0.3 is 19.5 Å². The number of hydrazone groups is 1. The SMILES string of the molecule is COc1ccc(COCC(C)(C)OC(=O)N2CC(c3nc(C(=O)Nc4cn(C)nc4-c4ccccn4)cs3)C=N2)cc1. The van der Waals surface area contributed by atoms with Crippen molar-refractivity contribution < 1.29 is 23.8 Å². The van der Waals surface area contributed by atoms with Crippen LogP contribution in [0.5, 0.6) is 5.75 Å². The lowest BCUT2D eigenvalue weighted by Gasteiger charge is -2.26. The van der Waals surface area contributed by atoms with Crippen molar-refractivity contribution in [2.75, 3.05) is 25.6 Å². The zero-order chi connectivity index (χ0) is 29.7. The predicted octanol–water partition coefficient (Wildman–Crippen LogP) is 4.72. The zero-order valence-electron chi connectivity index (χ0n) is 23.7. The molecule has 1 atom stereocenters. The van der Waals surface area contributed by atoms with Crippen LogP contribution in [0.25, 0.3) is 11.4 Å². The molecule has 2 amide bonds. The third-order valence-electron chi connectivity index (χ3n) is 6.26. The molecule has 13 heteroatoms. The molecular weight excluding hydrogens is 558 g/mol. The van der Waals surface area contributed by atoms with E-state index in [1.165, 1.54) is 16.3 Å². The number of benzene rings is 1. The average molecular weight is 590 g/mol. The van der Waals surface area contributed by atoms with E-state index in [0.717, 1.165) is 11.3 Å². The van der Waals surface area contributed by atoms with Crippen molar-refractivity contribution in [3.8, 4) is 17.1 Å². The molecule has 1 N–H and O–H groups in total. The standard InChI is InChI=1S/C29H31N7O5S/c1-29(2,18-40-16-19-8-10-21(39-4)11-9-19)41-28(38)36-14-20(13-31-36)27-33-24(17-42-27)26(37)32-23-15-35(3)34-25(23)22-7-5-6-12-30-22/h5-13,15,17,20H,14,16,18H2,1-4H3,(H,32,37). The molecule has 0 bridgehead atoms. The van der Waals surface area contributed by atoms with Crippen LogP contribution < -0.4 is 10.1 Å². The molecule has 5 rings (SSSR count). The number of carbonyl (C=O) groups excluding carboxylic acids is 2. The van der Waals surface area contributed by atoms with Crippen LogP contribution in [0.2, 0.25) is 0 Å². The Labute approximate surface area is 247 Å². The summed E-state index contributed by atoms with van der Waals surface area (Å²) in [5.74, 6) is 0.140. The van der Waals surface area contributed by atoms with Gasteiger partial charge in [-0.15, -0.1) is 11.3 Å². The third-order valence-corrected chi connectivity index (χ3v) is 7.24. The van der Waals surface area contributed by atoms with Crippen molar-refractivity contribution in [1.82, 2.24) is 24.8 Å². The maximum atomic E-state index is 13.0. The molecule has 4 heterocycles. The molecule has 1 aromatic carbocycles. The summed E-state index contributed by atoms with van der Waals surface area (Å²) in [7, 11) is 3.39. The van der Waals surface area contributed by atoms with Crippen LogP contribution in [0.3, 0.4) is 0 Å². The van der Waals surface area contributed by atoms with Crippen molar-refractivity contribution in [1.29, 1.82) is 0 Å². The van der Waals surface area contributed by atoms with Crippen LogP contribution in [0.15, 0.2) is 65.3 Å². The molecule has 0 radical (unpaired) electrons. The Kier molecular flexibility index (Phi) is 8.59. The van der Waals surface area contributed by atoms with Crippen molar-refractivity contribution in [2.24, 2.45) is 12.1 Å². The van der Waals surface area contributed by atoms with E-state index in [0.29, 0.717) is 28.7 Å². The summed E-state index contributed by atoms with van der Waals surface area (Å²) in [6, 6.07) is 13.1. The Balaban J connectivity index is 1.13. The van der Waals surface area contributed by atoms with Gasteiger partial charge in [0.1, 0.15) is 27.7 Å². The molecule has 0 fully saturated rings. The van der Waals surface area contributed by atoms with Gasteiger partial charge in [0.05, 0.1) is 44.2 Å². The van der Waals surface area contributed by atoms with E-state index in [1.54, 1.807) is 56.7 Å². The molecule has 1 aliphatic heterocycles. The van der Waals surface area contributed by atoms with Crippen LogP contribution in [-0.4, -0.2) is 68.8 Å². The molecule has 0 saturated heterocycles. The van der Waals surface area contributed by atoms with Crippen molar-refractivity contribution >= 4 is 35.2 Å². The molecular formula is C29H31N7O5S. The number of aryl methyl sites for hydroxylation is 1. The number of methoxy groups -OCH3 is 1. The Morgan fingerprint density at radius 2 is 1.98 bits per heavy atom. The lowest BCUT2D eigenvalue weighted by Crippen LogP contribution is -2.38. The Morgan fingerprint density at radius 3 is 2.71 bits per heavy atom. The van der Waals surface area contributed by atoms with Crippen molar-refractivity contribution in [3.05, 3.63) is 76.5 Å². The highest BCUT2D eigenvalue weighted by Gasteiger charge is 2.32. The quantitative estimate of drug-likeness (QED) is 0.281. The minimum Gasteiger partial charge on any atom is -0.497 e. The molecule has 12 nitrogen and oxygen atoms in total. The Morgan fingerprint density at radius 1 is 1.17 bits per heavy atom. The third kappa shape index (κ3) is 6.98. The summed E-state index contributed by atoms with van der Waals surface area (Å²) in [4.78, 5) is 34.7. The number of nitrogens with one attached hydrogen (secondary N) is 1. The molecule has 0 aliphatic carbocycles. The number of hydrogen-bond donors (Lipinski definition) is 1. The number of hydrogen-bond acceptors (Lipinski definition) is 10. The summed E-state index contributed by atoms with van der Waals surface area (Å²) >= 11 is 1.33. The average Bonchev–Trinajstić information content (AvgIpc) is 3.73. The molecule has 1 unspecified atom stereocenters. The first-order chi connectivity index (χ1) is 20.2. The minimum absolute atomic E-state index is 0.204. The molecule has 0 saturated carbocycles. The molecule has 42 heavy (non-hydrogen) atoms. The van der Waals surface area contributed by atoms with Gasteiger partial charge in [0, 0.05) is 31.0 Å². The van der Waals surface area contributed by atoms with Gasteiger partial charge in [-0.2, -0.15) is 15.2 Å². The summed E-state index contributed by atoms with van der Waals surface area (Å²) in [6.45, 7) is 4.39. The normalized spacial score (nSPS) is 14.7. The van der Waals surface area contributed by atoms with E-state index < -0.39 is 11.7 Å². The van der Waals surface area contributed by atoms with Gasteiger partial charge in [-0.25, -0.2) is 9.78 Å². The van der Waals surface area contributed by atoms with Gasteiger partial charge in [0.25, 0.3) is 5.91 Å². The van der Waals surface area contributed by atoms with Gasteiger partial charge in [0.2, 0.25) is 0 Å². The molecule has 3 aromatic heterocycles. The maximum Gasteiger partial charge on any atom is 0.431 e. The number of pyridine rings is 1. The summed E-state index contributed by atoms with van der Waals surface area (Å²) in [6.07, 6.45) is 4.44. The number of rotatable bonds is 10. The number of anilines is 1. The van der Waals surface area contributed by atoms with E-state index in [-0.39, 0.29) is 30.7 Å². The van der Waals surface area contributed by atoms with Crippen LogP contribution in [-0.2, 0) is 23.1 Å². The van der Waals surface area contributed by atoms with E-state index in [9.17, 15) is 9.59 Å². The monoisotopic (exact) mass is 589 g/mol. The fraction of sp³-hybridized carbons (Fsp3) is 0.310. The second-order valence-electron chi connectivity index (χ2n) is 10.2. The number of thiazole rings is 1. The van der Waals surface area contributed by atoms with E-state index >= 15 is 0 Å². The topological polar surface area (TPSA) is 133 Å².